The molecule has 2 heterocycles. The van der Waals surface area contributed by atoms with Crippen LogP contribution < -0.4 is 5.32 Å². The predicted octanol–water partition coefficient (Wildman–Crippen LogP) is 5.78. The van der Waals surface area contributed by atoms with Crippen molar-refractivity contribution in [3.05, 3.63) is 90.0 Å². The molecule has 0 unspecified atom stereocenters. The molecule has 0 aliphatic heterocycles. The minimum absolute atomic E-state index is 0.0721. The van der Waals surface area contributed by atoms with Crippen molar-refractivity contribution in [2.75, 3.05) is 11.1 Å². The van der Waals surface area contributed by atoms with Crippen molar-refractivity contribution in [1.29, 1.82) is 0 Å². The van der Waals surface area contributed by atoms with Crippen LogP contribution in [0.3, 0.4) is 0 Å². The molecule has 176 valence electrons. The highest BCUT2D eigenvalue weighted by Crippen LogP contribution is 2.31. The molecule has 0 radical (unpaired) electrons. The predicted molar refractivity (Wildman–Crippen MR) is 129 cm³/mol. The molecule has 1 amide bonds. The molecule has 0 aliphatic carbocycles. The van der Waals surface area contributed by atoms with Gasteiger partial charge < -0.3 is 9.88 Å². The molecule has 0 aliphatic rings. The Bertz CT molecular complexity index is 1520. The van der Waals surface area contributed by atoms with Gasteiger partial charge in [-0.25, -0.2) is 4.98 Å². The number of aromatic nitrogens is 4. The SMILES string of the molecule is O=C(CSc1nnc2c3ccccc3n(Cc3ccccc3)c2n1)Nc1cccc(C(F)(F)F)c1. The lowest BCUT2D eigenvalue weighted by Gasteiger charge is -2.09. The molecule has 0 spiro atoms. The van der Waals surface area contributed by atoms with Crippen LogP contribution in [0.5, 0.6) is 0 Å². The number of benzene rings is 3. The third kappa shape index (κ3) is 4.97. The Morgan fingerprint density at radius 3 is 2.51 bits per heavy atom. The molecule has 6 nitrogen and oxygen atoms in total. The van der Waals surface area contributed by atoms with E-state index in [4.69, 9.17) is 0 Å². The van der Waals surface area contributed by atoms with Gasteiger partial charge >= 0.3 is 6.18 Å². The van der Waals surface area contributed by atoms with Crippen molar-refractivity contribution in [3.8, 4) is 0 Å². The number of nitrogens with zero attached hydrogens (tertiary/aromatic N) is 4. The van der Waals surface area contributed by atoms with Gasteiger partial charge in [0.25, 0.3) is 0 Å². The lowest BCUT2D eigenvalue weighted by Crippen LogP contribution is -2.15. The van der Waals surface area contributed by atoms with Gasteiger partial charge in [-0.2, -0.15) is 13.2 Å². The third-order valence-electron chi connectivity index (χ3n) is 5.34. The van der Waals surface area contributed by atoms with Gasteiger partial charge in [0.15, 0.2) is 5.65 Å². The highest BCUT2D eigenvalue weighted by molar-refractivity contribution is 7.99. The first-order chi connectivity index (χ1) is 16.9. The smallest absolute Gasteiger partial charge is 0.325 e. The van der Waals surface area contributed by atoms with Gasteiger partial charge in [-0.05, 0) is 29.8 Å². The molecule has 2 aromatic heterocycles. The fourth-order valence-corrected chi connectivity index (χ4v) is 4.36. The second kappa shape index (κ2) is 9.38. The lowest BCUT2D eigenvalue weighted by molar-refractivity contribution is -0.137. The van der Waals surface area contributed by atoms with Gasteiger partial charge in [0.1, 0.15) is 5.52 Å². The summed E-state index contributed by atoms with van der Waals surface area (Å²) < 4.78 is 40.8. The number of rotatable bonds is 6. The standard InChI is InChI=1S/C25H18F3N5OS/c26-25(27,28)17-9-6-10-18(13-17)29-21(34)15-35-24-30-23-22(31-32-24)19-11-4-5-12-20(19)33(23)14-16-7-2-1-3-8-16/h1-13H,14-15H2,(H,29,34). The van der Waals surface area contributed by atoms with Crippen LogP contribution in [0.1, 0.15) is 11.1 Å². The Hall–Kier alpha value is -3.92. The van der Waals surface area contributed by atoms with Gasteiger partial charge in [0.2, 0.25) is 11.1 Å². The number of para-hydroxylation sites is 1. The lowest BCUT2D eigenvalue weighted by atomic mass is 10.2. The van der Waals surface area contributed by atoms with Gasteiger partial charge in [-0.15, -0.1) is 10.2 Å². The molecular weight excluding hydrogens is 475 g/mol. The number of fused-ring (bicyclic) bond motifs is 3. The molecule has 5 aromatic rings. The van der Waals surface area contributed by atoms with Crippen LogP contribution in [-0.4, -0.2) is 31.4 Å². The van der Waals surface area contributed by atoms with Crippen LogP contribution in [0, 0.1) is 0 Å². The maximum Gasteiger partial charge on any atom is 0.416 e. The van der Waals surface area contributed by atoms with Crippen molar-refractivity contribution in [2.24, 2.45) is 0 Å². The van der Waals surface area contributed by atoms with E-state index in [0.717, 1.165) is 40.4 Å². The monoisotopic (exact) mass is 493 g/mol. The number of thioether (sulfide) groups is 1. The summed E-state index contributed by atoms with van der Waals surface area (Å²) in [5, 5.41) is 12.2. The molecule has 10 heteroatoms. The maximum absolute atomic E-state index is 12.9. The summed E-state index contributed by atoms with van der Waals surface area (Å²) in [6, 6.07) is 22.3. The van der Waals surface area contributed by atoms with Gasteiger partial charge in [-0.1, -0.05) is 66.4 Å². The fourth-order valence-electron chi connectivity index (χ4n) is 3.78. The van der Waals surface area contributed by atoms with Crippen LogP contribution in [0.2, 0.25) is 0 Å². The molecule has 0 saturated heterocycles. The van der Waals surface area contributed by atoms with Gasteiger partial charge in [-0.3, -0.25) is 4.79 Å². The van der Waals surface area contributed by atoms with Crippen molar-refractivity contribution < 1.29 is 18.0 Å². The summed E-state index contributed by atoms with van der Waals surface area (Å²) >= 11 is 1.06. The van der Waals surface area contributed by atoms with Crippen LogP contribution in [-0.2, 0) is 17.5 Å². The Kier molecular flexibility index (Phi) is 6.12. The van der Waals surface area contributed by atoms with E-state index in [1.807, 2.05) is 54.6 Å². The van der Waals surface area contributed by atoms with Gasteiger partial charge in [0, 0.05) is 17.6 Å². The molecule has 3 aromatic carbocycles. The third-order valence-corrected chi connectivity index (χ3v) is 6.18. The Morgan fingerprint density at radius 2 is 1.71 bits per heavy atom. The fraction of sp³-hybridized carbons (Fsp3) is 0.120. The van der Waals surface area contributed by atoms with Crippen LogP contribution in [0.15, 0.2) is 84.0 Å². The van der Waals surface area contributed by atoms with Crippen LogP contribution in [0.4, 0.5) is 18.9 Å². The topological polar surface area (TPSA) is 72.7 Å². The first kappa shape index (κ1) is 22.9. The number of carbonyl (C=O) groups excluding carboxylic acids is 1. The normalized spacial score (nSPS) is 11.7. The number of alkyl halides is 3. The van der Waals surface area contributed by atoms with E-state index in [1.165, 1.54) is 12.1 Å². The van der Waals surface area contributed by atoms with E-state index in [0.29, 0.717) is 22.9 Å². The van der Waals surface area contributed by atoms with Crippen LogP contribution >= 0.6 is 11.8 Å². The van der Waals surface area contributed by atoms with Crippen molar-refractivity contribution >= 4 is 45.4 Å². The van der Waals surface area contributed by atoms with E-state index in [1.54, 1.807) is 0 Å². The highest BCUT2D eigenvalue weighted by Gasteiger charge is 2.30. The van der Waals surface area contributed by atoms with E-state index in [2.05, 4.69) is 25.1 Å². The molecule has 5 rings (SSSR count). The quantitative estimate of drug-likeness (QED) is 0.304. The van der Waals surface area contributed by atoms with Crippen molar-refractivity contribution in [1.82, 2.24) is 19.7 Å². The zero-order valence-corrected chi connectivity index (χ0v) is 19.0. The van der Waals surface area contributed by atoms with E-state index < -0.39 is 17.6 Å². The van der Waals surface area contributed by atoms with Crippen molar-refractivity contribution in [2.45, 2.75) is 17.9 Å². The van der Waals surface area contributed by atoms with E-state index >= 15 is 0 Å². The largest absolute Gasteiger partial charge is 0.416 e. The molecular formula is C25H18F3N5OS. The summed E-state index contributed by atoms with van der Waals surface area (Å²) in [7, 11) is 0. The first-order valence-electron chi connectivity index (χ1n) is 10.6. The minimum atomic E-state index is -4.48. The van der Waals surface area contributed by atoms with Crippen LogP contribution in [0.25, 0.3) is 22.1 Å². The number of halogens is 3. The van der Waals surface area contributed by atoms with Gasteiger partial charge in [0.05, 0.1) is 16.8 Å². The Balaban J connectivity index is 1.37. The summed E-state index contributed by atoms with van der Waals surface area (Å²) in [5.41, 5.74) is 2.62. The average molecular weight is 494 g/mol. The summed E-state index contributed by atoms with van der Waals surface area (Å²) in [5.74, 6) is -0.551. The average Bonchev–Trinajstić information content (AvgIpc) is 3.16. The summed E-state index contributed by atoms with van der Waals surface area (Å²) in [6.45, 7) is 0.587. The molecule has 0 fully saturated rings. The van der Waals surface area contributed by atoms with Crippen molar-refractivity contribution in [3.63, 3.8) is 0 Å². The molecule has 0 saturated carbocycles. The van der Waals surface area contributed by atoms with E-state index in [-0.39, 0.29) is 11.4 Å². The summed E-state index contributed by atoms with van der Waals surface area (Å²) in [6.07, 6.45) is -4.48. The van der Waals surface area contributed by atoms with E-state index in [9.17, 15) is 18.0 Å². The second-order valence-corrected chi connectivity index (χ2v) is 8.71. The molecule has 1 N–H and O–H groups in total. The number of anilines is 1. The minimum Gasteiger partial charge on any atom is -0.325 e. The highest BCUT2D eigenvalue weighted by atomic mass is 32.2. The number of amides is 1. The molecule has 35 heavy (non-hydrogen) atoms. The Labute approximate surface area is 202 Å². The Morgan fingerprint density at radius 1 is 0.943 bits per heavy atom. The molecule has 0 atom stereocenters. The first-order valence-corrected chi connectivity index (χ1v) is 11.6. The zero-order chi connectivity index (χ0) is 24.4. The number of carbonyl (C=O) groups is 1. The zero-order valence-electron chi connectivity index (χ0n) is 18.2. The number of nitrogens with one attached hydrogen (secondary N) is 1. The summed E-state index contributed by atoms with van der Waals surface area (Å²) in [4.78, 5) is 17.0. The number of hydrogen-bond acceptors (Lipinski definition) is 5. The number of hydrogen-bond donors (Lipinski definition) is 1. The second-order valence-electron chi connectivity index (χ2n) is 7.77. The molecule has 0 bridgehead atoms. The maximum atomic E-state index is 12.9.